The zero-order chi connectivity index (χ0) is 34.9. The average Bonchev–Trinajstić information content (AvgIpc) is 3.04. The van der Waals surface area contributed by atoms with E-state index < -0.39 is 75.9 Å². The Morgan fingerprint density at radius 2 is 1.60 bits per heavy atom. The van der Waals surface area contributed by atoms with Crippen LogP contribution in [-0.4, -0.2) is 101 Å². The first-order chi connectivity index (χ1) is 22.7. The molecule has 0 spiro atoms. The molecule has 0 aromatic heterocycles. The van der Waals surface area contributed by atoms with Crippen molar-refractivity contribution in [3.63, 3.8) is 0 Å². The molecular formula is C33H36N2O12S. The number of benzene rings is 4. The van der Waals surface area contributed by atoms with E-state index in [1.54, 1.807) is 18.2 Å². The highest BCUT2D eigenvalue weighted by Crippen LogP contribution is 2.37. The zero-order valence-electron chi connectivity index (χ0n) is 25.9. The highest BCUT2D eigenvalue weighted by atomic mass is 32.2. The minimum atomic E-state index is -4.19. The van der Waals surface area contributed by atoms with E-state index in [1.165, 1.54) is 24.3 Å². The number of Topliss-reactive ketones (excluding diaryl/α,β-unsaturated/α-hetero) is 1. The lowest BCUT2D eigenvalue weighted by Gasteiger charge is -2.39. The molecule has 0 aliphatic carbocycles. The molecular weight excluding hydrogens is 648 g/mol. The van der Waals surface area contributed by atoms with Crippen molar-refractivity contribution >= 4 is 38.0 Å². The maximum absolute atomic E-state index is 13.6. The fraction of sp³-hybridized carbons (Fsp3) is 0.303. The average molecular weight is 685 g/mol. The molecule has 14 nitrogen and oxygen atoms in total. The van der Waals surface area contributed by atoms with Crippen molar-refractivity contribution in [3.8, 4) is 23.0 Å². The SMILES string of the molecule is CN(C)c1cccc2c(S(=O)(=O)Nc3cc(CCC(=O)c4c(O)cc(O)cc4O[C@@H]4O[C@@H](CO)[C@@H](O)[C@H](O)[C@@H]4O)ccc3O)cccc12. The molecule has 0 radical (unpaired) electrons. The van der Waals surface area contributed by atoms with Crippen molar-refractivity contribution in [2.24, 2.45) is 0 Å². The van der Waals surface area contributed by atoms with Gasteiger partial charge in [-0.25, -0.2) is 8.42 Å². The Kier molecular flexibility index (Phi) is 10.0. The molecule has 1 aliphatic rings. The predicted octanol–water partition coefficient (Wildman–Crippen LogP) is 1.82. The van der Waals surface area contributed by atoms with Gasteiger partial charge in [0, 0.05) is 49.1 Å². The van der Waals surface area contributed by atoms with Gasteiger partial charge in [0.25, 0.3) is 10.0 Å². The Morgan fingerprint density at radius 1 is 0.896 bits per heavy atom. The van der Waals surface area contributed by atoms with Crippen molar-refractivity contribution in [1.82, 2.24) is 0 Å². The second kappa shape index (κ2) is 13.8. The van der Waals surface area contributed by atoms with Crippen LogP contribution in [0.5, 0.6) is 23.0 Å². The third-order valence-electron chi connectivity index (χ3n) is 8.01. The lowest BCUT2D eigenvalue weighted by Crippen LogP contribution is -2.60. The van der Waals surface area contributed by atoms with Crippen LogP contribution in [0.1, 0.15) is 22.3 Å². The van der Waals surface area contributed by atoms with Crippen LogP contribution in [0.2, 0.25) is 0 Å². The summed E-state index contributed by atoms with van der Waals surface area (Å²) < 4.78 is 40.4. The van der Waals surface area contributed by atoms with Gasteiger partial charge in [-0.05, 0) is 36.2 Å². The first kappa shape index (κ1) is 34.7. The normalized spacial score (nSPS) is 21.2. The lowest BCUT2D eigenvalue weighted by atomic mass is 9.98. The second-order valence-corrected chi connectivity index (χ2v) is 13.2. The summed E-state index contributed by atoms with van der Waals surface area (Å²) in [5.74, 6) is -2.60. The van der Waals surface area contributed by atoms with Gasteiger partial charge in [-0.15, -0.1) is 0 Å². The number of carbonyl (C=O) groups excluding carboxylic acids is 1. The van der Waals surface area contributed by atoms with Gasteiger partial charge in [0.05, 0.1) is 17.2 Å². The minimum Gasteiger partial charge on any atom is -0.508 e. The fourth-order valence-electron chi connectivity index (χ4n) is 5.54. The number of hydrogen-bond donors (Lipinski definition) is 8. The van der Waals surface area contributed by atoms with E-state index in [0.717, 1.165) is 17.8 Å². The standard InChI is InChI=1S/C33H36N2O12S/c1-35(2)22-7-3-6-20-19(22)5-4-8-28(20)48(44,45)34-21-13-17(9-11-23(21)38)10-12-24(39)29-25(40)14-18(37)15-26(29)46-33-32(43)31(42)30(41)27(16-36)47-33/h3-9,11,13-15,27,30-34,36-38,40-43H,10,12,16H2,1-2H3/t27-,30+,31-,32-,33+/m0/s1. The Bertz CT molecular complexity index is 1930. The number of aliphatic hydroxyl groups excluding tert-OH is 4. The molecule has 15 heteroatoms. The summed E-state index contributed by atoms with van der Waals surface area (Å²) in [5.41, 5.74) is 0.749. The molecule has 1 saturated heterocycles. The summed E-state index contributed by atoms with van der Waals surface area (Å²) in [6, 6.07) is 16.2. The van der Waals surface area contributed by atoms with E-state index in [0.29, 0.717) is 16.3 Å². The van der Waals surface area contributed by atoms with Crippen LogP contribution in [0.3, 0.4) is 0 Å². The third kappa shape index (κ3) is 6.96. The molecule has 0 unspecified atom stereocenters. The van der Waals surface area contributed by atoms with Crippen LogP contribution in [-0.2, 0) is 21.2 Å². The Labute approximate surface area is 275 Å². The van der Waals surface area contributed by atoms with E-state index in [1.807, 2.05) is 31.1 Å². The van der Waals surface area contributed by atoms with Crippen molar-refractivity contribution in [2.45, 2.75) is 48.4 Å². The number of phenols is 3. The number of carbonyl (C=O) groups is 1. The number of aryl methyl sites for hydroxylation is 1. The lowest BCUT2D eigenvalue weighted by molar-refractivity contribution is -0.277. The summed E-state index contributed by atoms with van der Waals surface area (Å²) in [4.78, 5) is 15.2. The van der Waals surface area contributed by atoms with Gasteiger partial charge in [0.2, 0.25) is 6.29 Å². The summed E-state index contributed by atoms with van der Waals surface area (Å²) in [5, 5.41) is 72.3. The number of aromatic hydroxyl groups is 3. The number of ketones is 1. The van der Waals surface area contributed by atoms with E-state index >= 15 is 0 Å². The van der Waals surface area contributed by atoms with Crippen LogP contribution in [0.4, 0.5) is 11.4 Å². The Hall–Kier alpha value is -4.64. The van der Waals surface area contributed by atoms with Crippen molar-refractivity contribution in [1.29, 1.82) is 0 Å². The molecule has 48 heavy (non-hydrogen) atoms. The number of aliphatic hydroxyl groups is 4. The van der Waals surface area contributed by atoms with Crippen LogP contribution < -0.4 is 14.4 Å². The molecule has 8 N–H and O–H groups in total. The fourth-order valence-corrected chi connectivity index (χ4v) is 6.83. The second-order valence-electron chi connectivity index (χ2n) is 11.6. The maximum Gasteiger partial charge on any atom is 0.262 e. The quantitative estimate of drug-likeness (QED) is 0.0834. The molecule has 1 heterocycles. The summed E-state index contributed by atoms with van der Waals surface area (Å²) >= 11 is 0. The van der Waals surface area contributed by atoms with Gasteiger partial charge in [-0.2, -0.15) is 0 Å². The molecule has 5 atom stereocenters. The number of nitrogens with zero attached hydrogens (tertiary/aromatic N) is 1. The van der Waals surface area contributed by atoms with Crippen molar-refractivity contribution in [3.05, 3.63) is 77.9 Å². The molecule has 0 bridgehead atoms. The minimum absolute atomic E-state index is 0.00147. The monoisotopic (exact) mass is 684 g/mol. The molecule has 1 fully saturated rings. The topological polar surface area (TPSA) is 227 Å². The van der Waals surface area contributed by atoms with E-state index in [2.05, 4.69) is 4.72 Å². The summed E-state index contributed by atoms with van der Waals surface area (Å²) in [6.07, 6.45) is -8.52. The van der Waals surface area contributed by atoms with E-state index in [9.17, 15) is 49.0 Å². The number of sulfonamides is 1. The van der Waals surface area contributed by atoms with Gasteiger partial charge in [0.1, 0.15) is 53.0 Å². The predicted molar refractivity (Wildman–Crippen MR) is 174 cm³/mol. The Balaban J connectivity index is 1.36. The highest BCUT2D eigenvalue weighted by Gasteiger charge is 2.45. The summed E-state index contributed by atoms with van der Waals surface area (Å²) in [7, 11) is -0.500. The number of fused-ring (bicyclic) bond motifs is 1. The van der Waals surface area contributed by atoms with Crippen molar-refractivity contribution < 1.29 is 58.4 Å². The third-order valence-corrected chi connectivity index (χ3v) is 9.44. The van der Waals surface area contributed by atoms with Crippen LogP contribution in [0.25, 0.3) is 10.8 Å². The smallest absolute Gasteiger partial charge is 0.262 e. The number of anilines is 2. The first-order valence-corrected chi connectivity index (χ1v) is 16.3. The summed E-state index contributed by atoms with van der Waals surface area (Å²) in [6.45, 7) is -0.730. The van der Waals surface area contributed by atoms with Crippen LogP contribution in [0.15, 0.2) is 71.6 Å². The molecule has 5 rings (SSSR count). The number of hydrogen-bond acceptors (Lipinski definition) is 13. The molecule has 0 amide bonds. The molecule has 4 aromatic carbocycles. The maximum atomic E-state index is 13.6. The van der Waals surface area contributed by atoms with Gasteiger partial charge in [-0.3, -0.25) is 9.52 Å². The Morgan fingerprint density at radius 3 is 2.31 bits per heavy atom. The number of ether oxygens (including phenoxy) is 2. The van der Waals surface area contributed by atoms with Gasteiger partial charge >= 0.3 is 0 Å². The largest absolute Gasteiger partial charge is 0.508 e. The number of phenolic OH excluding ortho intramolecular Hbond substituents is 3. The van der Waals surface area contributed by atoms with Gasteiger partial charge < -0.3 is 50.1 Å². The molecule has 4 aromatic rings. The first-order valence-electron chi connectivity index (χ1n) is 14.8. The molecule has 0 saturated carbocycles. The molecule has 256 valence electrons. The number of rotatable bonds is 11. The van der Waals surface area contributed by atoms with E-state index in [-0.39, 0.29) is 29.2 Å². The van der Waals surface area contributed by atoms with E-state index in [4.69, 9.17) is 9.47 Å². The van der Waals surface area contributed by atoms with Crippen LogP contribution >= 0.6 is 0 Å². The number of nitrogens with one attached hydrogen (secondary N) is 1. The highest BCUT2D eigenvalue weighted by molar-refractivity contribution is 7.93. The van der Waals surface area contributed by atoms with Crippen molar-refractivity contribution in [2.75, 3.05) is 30.3 Å². The zero-order valence-corrected chi connectivity index (χ0v) is 26.7. The molecule has 1 aliphatic heterocycles. The van der Waals surface area contributed by atoms with Gasteiger partial charge in [0.15, 0.2) is 5.78 Å². The van der Waals surface area contributed by atoms with Gasteiger partial charge in [-0.1, -0.05) is 30.3 Å². The van der Waals surface area contributed by atoms with Crippen LogP contribution in [0, 0.1) is 0 Å².